The molecule has 0 atom stereocenters. The van der Waals surface area contributed by atoms with Gasteiger partial charge in [0.15, 0.2) is 6.61 Å². The maximum Gasteiger partial charge on any atom is 0.258 e. The van der Waals surface area contributed by atoms with Gasteiger partial charge in [0.2, 0.25) is 0 Å². The number of oxime groups is 1. The van der Waals surface area contributed by atoms with E-state index < -0.39 is 0 Å². The molecule has 0 spiro atoms. The van der Waals surface area contributed by atoms with E-state index >= 15 is 0 Å². The number of para-hydroxylation sites is 1. The van der Waals surface area contributed by atoms with E-state index in [2.05, 4.69) is 10.5 Å². The number of hydrogen-bond acceptors (Lipinski definition) is 4. The smallest absolute Gasteiger partial charge is 0.258 e. The molecule has 5 nitrogen and oxygen atoms in total. The molecular weight excluding hydrogens is 244 g/mol. The minimum atomic E-state index is -0.115. The van der Waals surface area contributed by atoms with Crippen molar-refractivity contribution >= 4 is 11.6 Å². The Morgan fingerprint density at radius 1 is 1.47 bits per heavy atom. The molecule has 0 bridgehead atoms. The maximum atomic E-state index is 11.6. The summed E-state index contributed by atoms with van der Waals surface area (Å²) in [6, 6.07) is 7.57. The molecule has 0 heterocycles. The van der Waals surface area contributed by atoms with Crippen LogP contribution < -0.4 is 10.1 Å². The average molecular weight is 262 g/mol. The first kappa shape index (κ1) is 13.4. The minimum absolute atomic E-state index is 0.0179. The molecule has 2 rings (SSSR count). The zero-order valence-corrected chi connectivity index (χ0v) is 10.9. The lowest BCUT2D eigenvalue weighted by Gasteiger charge is -2.11. The van der Waals surface area contributed by atoms with Gasteiger partial charge in [-0.3, -0.25) is 4.79 Å². The van der Waals surface area contributed by atoms with Crippen molar-refractivity contribution in [2.75, 3.05) is 6.61 Å². The van der Waals surface area contributed by atoms with Gasteiger partial charge in [0.05, 0.1) is 5.71 Å². The van der Waals surface area contributed by atoms with Crippen molar-refractivity contribution in [1.29, 1.82) is 0 Å². The highest BCUT2D eigenvalue weighted by Gasteiger charge is 2.23. The van der Waals surface area contributed by atoms with Crippen molar-refractivity contribution in [1.82, 2.24) is 5.32 Å². The maximum absolute atomic E-state index is 11.6. The quantitative estimate of drug-likeness (QED) is 0.467. The van der Waals surface area contributed by atoms with Crippen molar-refractivity contribution in [3.8, 4) is 5.75 Å². The van der Waals surface area contributed by atoms with Crippen LogP contribution in [0.5, 0.6) is 5.75 Å². The highest BCUT2D eigenvalue weighted by atomic mass is 16.5. The standard InChI is InChI=1S/C14H18N2O3/c1-2-12(16-18)11-5-3-4-6-13(11)19-9-14(17)15-10-7-8-10/h3-6,10,18H,2,7-9H2,1H3,(H,15,17)/b16-12+. The summed E-state index contributed by atoms with van der Waals surface area (Å²) in [5.74, 6) is 0.444. The van der Waals surface area contributed by atoms with Crippen molar-refractivity contribution in [2.24, 2.45) is 5.16 Å². The third-order valence-electron chi connectivity index (χ3n) is 2.95. The number of carbonyl (C=O) groups excluding carboxylic acids is 1. The predicted octanol–water partition coefficient (Wildman–Crippen LogP) is 1.93. The summed E-state index contributed by atoms with van der Waals surface area (Å²) in [5, 5.41) is 15.1. The van der Waals surface area contributed by atoms with Crippen molar-refractivity contribution < 1.29 is 14.7 Å². The Kier molecular flexibility index (Phi) is 4.39. The van der Waals surface area contributed by atoms with Crippen LogP contribution >= 0.6 is 0 Å². The lowest BCUT2D eigenvalue weighted by molar-refractivity contribution is -0.123. The van der Waals surface area contributed by atoms with Gasteiger partial charge in [-0.1, -0.05) is 24.2 Å². The molecule has 1 aliphatic rings. The van der Waals surface area contributed by atoms with Crippen LogP contribution in [-0.4, -0.2) is 29.5 Å². The number of carbonyl (C=O) groups is 1. The number of amides is 1. The third-order valence-corrected chi connectivity index (χ3v) is 2.95. The van der Waals surface area contributed by atoms with Gasteiger partial charge in [0, 0.05) is 11.6 Å². The summed E-state index contributed by atoms with van der Waals surface area (Å²) in [7, 11) is 0. The molecule has 5 heteroatoms. The molecule has 1 aliphatic carbocycles. The number of nitrogens with one attached hydrogen (secondary N) is 1. The van der Waals surface area contributed by atoms with Gasteiger partial charge in [-0.15, -0.1) is 0 Å². The molecule has 1 fully saturated rings. The van der Waals surface area contributed by atoms with Gasteiger partial charge in [-0.25, -0.2) is 0 Å². The van der Waals surface area contributed by atoms with Crippen molar-refractivity contribution in [3.63, 3.8) is 0 Å². The van der Waals surface area contributed by atoms with Gasteiger partial charge in [0.1, 0.15) is 5.75 Å². The fraction of sp³-hybridized carbons (Fsp3) is 0.429. The zero-order chi connectivity index (χ0) is 13.7. The molecule has 0 unspecified atom stereocenters. The van der Waals surface area contributed by atoms with E-state index in [1.807, 2.05) is 25.1 Å². The Bertz CT molecular complexity index is 481. The molecule has 2 N–H and O–H groups in total. The Morgan fingerprint density at radius 3 is 2.84 bits per heavy atom. The molecule has 1 aromatic rings. The average Bonchev–Trinajstić information content (AvgIpc) is 3.23. The lowest BCUT2D eigenvalue weighted by atomic mass is 10.1. The van der Waals surface area contributed by atoms with E-state index in [1.54, 1.807) is 6.07 Å². The van der Waals surface area contributed by atoms with Crippen LogP contribution in [0.15, 0.2) is 29.4 Å². The highest BCUT2D eigenvalue weighted by Crippen LogP contribution is 2.21. The van der Waals surface area contributed by atoms with Crippen molar-refractivity contribution in [3.05, 3.63) is 29.8 Å². The zero-order valence-electron chi connectivity index (χ0n) is 10.9. The second-order valence-corrected chi connectivity index (χ2v) is 4.53. The summed E-state index contributed by atoms with van der Waals surface area (Å²) < 4.78 is 5.51. The summed E-state index contributed by atoms with van der Waals surface area (Å²) in [6.45, 7) is 1.88. The topological polar surface area (TPSA) is 70.9 Å². The fourth-order valence-corrected chi connectivity index (χ4v) is 1.79. The lowest BCUT2D eigenvalue weighted by Crippen LogP contribution is -2.30. The molecule has 0 aliphatic heterocycles. The second kappa shape index (κ2) is 6.22. The second-order valence-electron chi connectivity index (χ2n) is 4.53. The Balaban J connectivity index is 2.00. The van der Waals surface area contributed by atoms with Crippen LogP contribution in [0.4, 0.5) is 0 Å². The predicted molar refractivity (Wildman–Crippen MR) is 71.7 cm³/mol. The molecule has 0 radical (unpaired) electrons. The summed E-state index contributed by atoms with van der Waals surface area (Å²) in [4.78, 5) is 11.6. The molecule has 1 saturated carbocycles. The van der Waals surface area contributed by atoms with E-state index in [4.69, 9.17) is 9.94 Å². The number of ether oxygens (including phenoxy) is 1. The third kappa shape index (κ3) is 3.71. The van der Waals surface area contributed by atoms with Gasteiger partial charge in [-0.2, -0.15) is 0 Å². The van der Waals surface area contributed by atoms with Gasteiger partial charge in [0.25, 0.3) is 5.91 Å². The van der Waals surface area contributed by atoms with E-state index in [0.717, 1.165) is 12.8 Å². The minimum Gasteiger partial charge on any atom is -0.483 e. The molecular formula is C14H18N2O3. The first-order chi connectivity index (χ1) is 9.24. The van der Waals surface area contributed by atoms with E-state index in [9.17, 15) is 4.79 Å². The highest BCUT2D eigenvalue weighted by molar-refractivity contribution is 6.02. The first-order valence-electron chi connectivity index (χ1n) is 6.47. The molecule has 19 heavy (non-hydrogen) atoms. The van der Waals surface area contributed by atoms with Crippen LogP contribution in [0, 0.1) is 0 Å². The number of hydrogen-bond donors (Lipinski definition) is 2. The number of benzene rings is 1. The number of rotatable bonds is 6. The summed E-state index contributed by atoms with van der Waals surface area (Å²) in [6.07, 6.45) is 2.70. The van der Waals surface area contributed by atoms with Gasteiger partial charge < -0.3 is 15.3 Å². The summed E-state index contributed by atoms with van der Waals surface area (Å²) >= 11 is 0. The van der Waals surface area contributed by atoms with E-state index in [-0.39, 0.29) is 12.5 Å². The van der Waals surface area contributed by atoms with Crippen LogP contribution in [0.1, 0.15) is 31.7 Å². The molecule has 0 saturated heterocycles. The van der Waals surface area contributed by atoms with Gasteiger partial charge >= 0.3 is 0 Å². The SMILES string of the molecule is CC/C(=N\O)c1ccccc1OCC(=O)NC1CC1. The molecule has 1 aromatic carbocycles. The number of nitrogens with zero attached hydrogens (tertiary/aromatic N) is 1. The summed E-state index contributed by atoms with van der Waals surface area (Å²) in [5.41, 5.74) is 1.25. The Hall–Kier alpha value is -2.04. The van der Waals surface area contributed by atoms with Crippen LogP contribution in [-0.2, 0) is 4.79 Å². The molecule has 1 amide bonds. The largest absolute Gasteiger partial charge is 0.483 e. The van der Waals surface area contributed by atoms with Crippen LogP contribution in [0.25, 0.3) is 0 Å². The Morgan fingerprint density at radius 2 is 2.21 bits per heavy atom. The fourth-order valence-electron chi connectivity index (χ4n) is 1.79. The van der Waals surface area contributed by atoms with E-state index in [0.29, 0.717) is 29.5 Å². The van der Waals surface area contributed by atoms with Crippen LogP contribution in [0.3, 0.4) is 0 Å². The van der Waals surface area contributed by atoms with Gasteiger partial charge in [-0.05, 0) is 31.4 Å². The van der Waals surface area contributed by atoms with Crippen LogP contribution in [0.2, 0.25) is 0 Å². The first-order valence-corrected chi connectivity index (χ1v) is 6.47. The Labute approximate surface area is 112 Å². The van der Waals surface area contributed by atoms with Crippen molar-refractivity contribution in [2.45, 2.75) is 32.2 Å². The molecule has 102 valence electrons. The van der Waals surface area contributed by atoms with E-state index in [1.165, 1.54) is 0 Å². The normalized spacial score (nSPS) is 15.1. The molecule has 0 aromatic heterocycles. The monoisotopic (exact) mass is 262 g/mol.